The average Bonchev–Trinajstić information content (AvgIpc) is 2.98. The molecule has 2 unspecified atom stereocenters. The third-order valence-electron chi connectivity index (χ3n) is 4.18. The van der Waals surface area contributed by atoms with E-state index in [9.17, 15) is 13.2 Å². The zero-order valence-corrected chi connectivity index (χ0v) is 14.8. The fourth-order valence-corrected chi connectivity index (χ4v) is 5.78. The van der Waals surface area contributed by atoms with Crippen molar-refractivity contribution in [3.8, 4) is 0 Å². The molecule has 3 rings (SSSR count). The van der Waals surface area contributed by atoms with Crippen molar-refractivity contribution in [2.45, 2.75) is 30.2 Å². The molecule has 2 aliphatic rings. The molecule has 1 aromatic carbocycles. The summed E-state index contributed by atoms with van der Waals surface area (Å²) in [7, 11) is 1.45. The molecule has 1 amide bonds. The van der Waals surface area contributed by atoms with Crippen LogP contribution < -0.4 is 0 Å². The first-order valence-electron chi connectivity index (χ1n) is 6.52. The van der Waals surface area contributed by atoms with Gasteiger partial charge in [0.15, 0.2) is 0 Å². The van der Waals surface area contributed by atoms with Crippen molar-refractivity contribution in [3.63, 3.8) is 0 Å². The van der Waals surface area contributed by atoms with Crippen molar-refractivity contribution in [1.82, 2.24) is 4.90 Å². The summed E-state index contributed by atoms with van der Waals surface area (Å²) in [6.45, 7) is 0.721. The Hall–Kier alpha value is -0.300. The van der Waals surface area contributed by atoms with E-state index >= 15 is 0 Å². The number of rotatable bonds is 2. The Labute approximate surface area is 140 Å². The molecule has 0 radical (unpaired) electrons. The molecule has 114 valence electrons. The van der Waals surface area contributed by atoms with Crippen molar-refractivity contribution in [2.24, 2.45) is 5.92 Å². The van der Waals surface area contributed by atoms with Crippen molar-refractivity contribution >= 4 is 53.2 Å². The van der Waals surface area contributed by atoms with Gasteiger partial charge < -0.3 is 4.90 Å². The average molecular weight is 413 g/mol. The van der Waals surface area contributed by atoms with Crippen LogP contribution in [0.1, 0.15) is 29.6 Å². The lowest BCUT2D eigenvalue weighted by Gasteiger charge is -2.27. The molecule has 1 aliphatic carbocycles. The number of nitrogens with zero attached hydrogens (tertiary/aromatic N) is 1. The van der Waals surface area contributed by atoms with Crippen LogP contribution in [0.5, 0.6) is 0 Å². The fourth-order valence-electron chi connectivity index (χ4n) is 3.21. The maximum atomic E-state index is 12.6. The van der Waals surface area contributed by atoms with Crippen LogP contribution in [0.2, 0.25) is 5.02 Å². The maximum absolute atomic E-state index is 12.6. The summed E-state index contributed by atoms with van der Waals surface area (Å²) < 4.78 is 23.4. The molecule has 0 aromatic heterocycles. The van der Waals surface area contributed by atoms with Gasteiger partial charge in [0.2, 0.25) is 0 Å². The van der Waals surface area contributed by atoms with Crippen molar-refractivity contribution in [1.29, 1.82) is 0 Å². The number of piperidine rings is 1. The van der Waals surface area contributed by atoms with E-state index in [0.717, 1.165) is 25.8 Å². The fraction of sp³-hybridized carbons (Fsp3) is 0.462. The molecule has 1 aromatic rings. The van der Waals surface area contributed by atoms with Crippen molar-refractivity contribution in [2.75, 3.05) is 6.54 Å². The second-order valence-corrected chi connectivity index (χ2v) is 9.29. The van der Waals surface area contributed by atoms with Gasteiger partial charge in [-0.25, -0.2) is 8.42 Å². The van der Waals surface area contributed by atoms with Gasteiger partial charge in [-0.05, 0) is 53.2 Å². The van der Waals surface area contributed by atoms with Gasteiger partial charge in [0, 0.05) is 27.7 Å². The van der Waals surface area contributed by atoms with E-state index in [4.69, 9.17) is 22.3 Å². The Morgan fingerprint density at radius 1 is 1.33 bits per heavy atom. The summed E-state index contributed by atoms with van der Waals surface area (Å²) in [5, 5.41) is 0.221. The minimum atomic E-state index is -3.94. The van der Waals surface area contributed by atoms with Gasteiger partial charge in [0.25, 0.3) is 15.0 Å². The molecule has 8 heteroatoms. The summed E-state index contributed by atoms with van der Waals surface area (Å²) >= 11 is 9.22. The van der Waals surface area contributed by atoms with Crippen molar-refractivity contribution in [3.05, 3.63) is 27.2 Å². The zero-order valence-electron chi connectivity index (χ0n) is 10.9. The van der Waals surface area contributed by atoms with Crippen LogP contribution >= 0.6 is 38.2 Å². The summed E-state index contributed by atoms with van der Waals surface area (Å²) in [5.74, 6) is 0.339. The highest BCUT2D eigenvalue weighted by molar-refractivity contribution is 9.10. The molecule has 1 aliphatic heterocycles. The lowest BCUT2D eigenvalue weighted by atomic mass is 10.1. The zero-order chi connectivity index (χ0) is 15.4. The van der Waals surface area contributed by atoms with E-state index in [-0.39, 0.29) is 31.9 Å². The van der Waals surface area contributed by atoms with Gasteiger partial charge in [-0.3, -0.25) is 4.79 Å². The smallest absolute Gasteiger partial charge is 0.262 e. The van der Waals surface area contributed by atoms with Crippen LogP contribution in [0.15, 0.2) is 21.5 Å². The number of carbonyl (C=O) groups is 1. The minimum absolute atomic E-state index is 0.138. The Morgan fingerprint density at radius 2 is 2.05 bits per heavy atom. The maximum Gasteiger partial charge on any atom is 0.262 e. The third-order valence-corrected chi connectivity index (χ3v) is 6.78. The second-order valence-electron chi connectivity index (χ2n) is 5.49. The molecule has 0 N–H and O–H groups in total. The predicted octanol–water partition coefficient (Wildman–Crippen LogP) is 3.65. The summed E-state index contributed by atoms with van der Waals surface area (Å²) in [6.07, 6.45) is 3.19. The lowest BCUT2D eigenvalue weighted by Crippen LogP contribution is -2.37. The highest BCUT2D eigenvalue weighted by Crippen LogP contribution is 2.39. The van der Waals surface area contributed by atoms with E-state index in [0.29, 0.717) is 5.92 Å². The number of benzene rings is 1. The number of amides is 1. The van der Waals surface area contributed by atoms with E-state index in [1.165, 1.54) is 12.1 Å². The van der Waals surface area contributed by atoms with Crippen LogP contribution in [-0.4, -0.2) is 31.8 Å². The van der Waals surface area contributed by atoms with Gasteiger partial charge >= 0.3 is 0 Å². The molecule has 2 fully saturated rings. The van der Waals surface area contributed by atoms with Crippen LogP contribution in [0.3, 0.4) is 0 Å². The normalized spacial score (nSPS) is 24.6. The Kier molecular flexibility index (Phi) is 4.01. The molecule has 21 heavy (non-hydrogen) atoms. The van der Waals surface area contributed by atoms with Crippen LogP contribution in [-0.2, 0) is 9.05 Å². The lowest BCUT2D eigenvalue weighted by molar-refractivity contribution is 0.0703. The van der Waals surface area contributed by atoms with Crippen LogP contribution in [0.4, 0.5) is 0 Å². The monoisotopic (exact) mass is 411 g/mol. The highest BCUT2D eigenvalue weighted by Gasteiger charge is 2.41. The molecular formula is C13H12BrCl2NO3S. The summed E-state index contributed by atoms with van der Waals surface area (Å²) in [6, 6.07) is 2.90. The van der Waals surface area contributed by atoms with Crippen LogP contribution in [0, 0.1) is 5.92 Å². The molecular weight excluding hydrogens is 401 g/mol. The standard InChI is InChI=1S/C13H12BrCl2NO3S/c14-10-5-11(15)9(4-12(10)21(16,19)20)13(18)17-6-7-1-2-8(17)3-7/h4-5,7-8H,1-3,6H2. The van der Waals surface area contributed by atoms with Gasteiger partial charge in [0.05, 0.1) is 15.5 Å². The van der Waals surface area contributed by atoms with E-state index in [1.807, 2.05) is 0 Å². The molecule has 4 nitrogen and oxygen atoms in total. The van der Waals surface area contributed by atoms with Crippen LogP contribution in [0.25, 0.3) is 0 Å². The number of fused-ring (bicyclic) bond motifs is 2. The number of hydrogen-bond acceptors (Lipinski definition) is 3. The van der Waals surface area contributed by atoms with Gasteiger partial charge in [-0.2, -0.15) is 0 Å². The SMILES string of the molecule is O=C(c1cc(S(=O)(=O)Cl)c(Br)cc1Cl)N1CC2CCC1C2. The Balaban J connectivity index is 2.00. The Bertz CT molecular complexity index is 722. The minimum Gasteiger partial charge on any atom is -0.335 e. The first kappa shape index (κ1) is 15.6. The number of hydrogen-bond donors (Lipinski definition) is 0. The molecule has 2 atom stereocenters. The van der Waals surface area contributed by atoms with E-state index in [1.54, 1.807) is 4.90 Å². The molecule has 2 bridgehead atoms. The first-order chi connectivity index (χ1) is 9.77. The molecule has 0 spiro atoms. The van der Waals surface area contributed by atoms with Gasteiger partial charge in [-0.15, -0.1) is 0 Å². The quantitative estimate of drug-likeness (QED) is 0.696. The van der Waals surface area contributed by atoms with Gasteiger partial charge in [-0.1, -0.05) is 11.6 Å². The summed E-state index contributed by atoms with van der Waals surface area (Å²) in [4.78, 5) is 14.3. The number of halogens is 3. The topological polar surface area (TPSA) is 54.5 Å². The third kappa shape index (κ3) is 2.83. The largest absolute Gasteiger partial charge is 0.335 e. The Morgan fingerprint density at radius 3 is 2.57 bits per heavy atom. The molecule has 1 heterocycles. The molecule has 1 saturated carbocycles. The van der Waals surface area contributed by atoms with E-state index < -0.39 is 9.05 Å². The number of carbonyl (C=O) groups excluding carboxylic acids is 1. The van der Waals surface area contributed by atoms with Crippen molar-refractivity contribution < 1.29 is 13.2 Å². The predicted molar refractivity (Wildman–Crippen MR) is 84.4 cm³/mol. The summed E-state index contributed by atoms with van der Waals surface area (Å²) in [5.41, 5.74) is 0.187. The van der Waals surface area contributed by atoms with E-state index in [2.05, 4.69) is 15.9 Å². The second kappa shape index (κ2) is 5.41. The molecule has 1 saturated heterocycles. The highest BCUT2D eigenvalue weighted by atomic mass is 79.9. The number of likely N-dealkylation sites (tertiary alicyclic amines) is 1. The van der Waals surface area contributed by atoms with Gasteiger partial charge in [0.1, 0.15) is 0 Å². The first-order valence-corrected chi connectivity index (χ1v) is 10.00.